The monoisotopic (exact) mass is 354 g/mol. The van der Waals surface area contributed by atoms with Gasteiger partial charge in [0.15, 0.2) is 6.61 Å². The van der Waals surface area contributed by atoms with E-state index in [9.17, 15) is 13.2 Å². The molecule has 122 valence electrons. The molecule has 1 amide bonds. The Morgan fingerprint density at radius 1 is 1.26 bits per heavy atom. The van der Waals surface area contributed by atoms with Crippen molar-refractivity contribution < 1.29 is 17.9 Å². The first-order valence-corrected chi connectivity index (χ1v) is 8.45. The smallest absolute Gasteiger partial charge is 0.263 e. The number of hydrogen-bond donors (Lipinski definition) is 2. The van der Waals surface area contributed by atoms with Gasteiger partial charge in [0.25, 0.3) is 15.9 Å². The molecule has 2 rings (SSSR count). The Hall–Kier alpha value is -2.25. The van der Waals surface area contributed by atoms with Crippen molar-refractivity contribution in [2.24, 2.45) is 5.73 Å². The summed E-state index contributed by atoms with van der Waals surface area (Å²) in [4.78, 5) is 10.7. The Bertz CT molecular complexity index is 823. The highest BCUT2D eigenvalue weighted by molar-refractivity contribution is 7.92. The molecule has 0 atom stereocenters. The topological polar surface area (TPSA) is 98.5 Å². The largest absolute Gasteiger partial charge is 0.483 e. The van der Waals surface area contributed by atoms with E-state index in [1.807, 2.05) is 0 Å². The maximum Gasteiger partial charge on any atom is 0.263 e. The Morgan fingerprint density at radius 3 is 2.52 bits per heavy atom. The van der Waals surface area contributed by atoms with Crippen LogP contribution in [0.5, 0.6) is 5.75 Å². The number of nitrogens with one attached hydrogen (secondary N) is 1. The van der Waals surface area contributed by atoms with E-state index < -0.39 is 15.9 Å². The van der Waals surface area contributed by atoms with E-state index >= 15 is 0 Å². The lowest BCUT2D eigenvalue weighted by atomic mass is 10.2. The Balaban J connectivity index is 2.37. The molecule has 0 aliphatic carbocycles. The SMILES string of the molecule is Cc1cc(Cl)c(S(=O)(=O)Nc2ccccc2)cc1OCC(N)=O. The Morgan fingerprint density at radius 2 is 1.91 bits per heavy atom. The number of primary amides is 1. The molecule has 0 saturated carbocycles. The third kappa shape index (κ3) is 4.37. The van der Waals surface area contributed by atoms with Crippen molar-refractivity contribution in [2.45, 2.75) is 11.8 Å². The second-order valence-electron chi connectivity index (χ2n) is 4.77. The van der Waals surface area contributed by atoms with Gasteiger partial charge in [0.1, 0.15) is 10.6 Å². The van der Waals surface area contributed by atoms with Crippen molar-refractivity contribution in [2.75, 3.05) is 11.3 Å². The number of anilines is 1. The first-order chi connectivity index (χ1) is 10.8. The van der Waals surface area contributed by atoms with Crippen LogP contribution in [0.1, 0.15) is 5.56 Å². The highest BCUT2D eigenvalue weighted by atomic mass is 35.5. The number of para-hydroxylation sites is 1. The standard InChI is InChI=1S/C15H15ClN2O4S/c1-10-7-12(16)14(8-13(10)22-9-15(17)19)23(20,21)18-11-5-3-2-4-6-11/h2-8,18H,9H2,1H3,(H2,17,19). The van der Waals surface area contributed by atoms with E-state index in [0.717, 1.165) is 0 Å². The number of aryl methyl sites for hydroxylation is 1. The van der Waals surface area contributed by atoms with Gasteiger partial charge in [0.2, 0.25) is 0 Å². The summed E-state index contributed by atoms with van der Waals surface area (Å²) in [6, 6.07) is 11.1. The first kappa shape index (κ1) is 17.1. The van der Waals surface area contributed by atoms with Gasteiger partial charge in [-0.2, -0.15) is 0 Å². The quantitative estimate of drug-likeness (QED) is 0.831. The maximum absolute atomic E-state index is 12.5. The molecule has 0 heterocycles. The van der Waals surface area contributed by atoms with E-state index in [4.69, 9.17) is 22.1 Å². The van der Waals surface area contributed by atoms with Crippen LogP contribution in [0.2, 0.25) is 5.02 Å². The minimum absolute atomic E-state index is 0.0531. The zero-order valence-corrected chi connectivity index (χ0v) is 13.8. The predicted molar refractivity (Wildman–Crippen MR) is 88.1 cm³/mol. The number of hydrogen-bond acceptors (Lipinski definition) is 4. The molecule has 0 bridgehead atoms. The second-order valence-corrected chi connectivity index (χ2v) is 6.83. The van der Waals surface area contributed by atoms with Gasteiger partial charge in [-0.05, 0) is 30.7 Å². The molecule has 2 aromatic carbocycles. The lowest BCUT2D eigenvalue weighted by Gasteiger charge is -2.13. The molecule has 0 aliphatic heterocycles. The number of carbonyl (C=O) groups is 1. The molecule has 3 N–H and O–H groups in total. The average Bonchev–Trinajstić information content (AvgIpc) is 2.46. The lowest BCUT2D eigenvalue weighted by molar-refractivity contribution is -0.119. The summed E-state index contributed by atoms with van der Waals surface area (Å²) >= 11 is 6.05. The molecule has 2 aromatic rings. The minimum atomic E-state index is -3.90. The number of benzene rings is 2. The van der Waals surface area contributed by atoms with Gasteiger partial charge in [-0.15, -0.1) is 0 Å². The predicted octanol–water partition coefficient (Wildman–Crippen LogP) is 2.31. The van der Waals surface area contributed by atoms with E-state index in [0.29, 0.717) is 11.3 Å². The summed E-state index contributed by atoms with van der Waals surface area (Å²) in [6.45, 7) is 1.33. The average molecular weight is 355 g/mol. The van der Waals surface area contributed by atoms with Gasteiger partial charge in [0, 0.05) is 11.8 Å². The number of ether oxygens (including phenoxy) is 1. The van der Waals surface area contributed by atoms with Gasteiger partial charge in [-0.1, -0.05) is 29.8 Å². The first-order valence-electron chi connectivity index (χ1n) is 6.59. The summed E-state index contributed by atoms with van der Waals surface area (Å²) in [5.74, 6) is -0.437. The van der Waals surface area contributed by atoms with Crippen LogP contribution in [-0.2, 0) is 14.8 Å². The van der Waals surface area contributed by atoms with Crippen LogP contribution in [0.3, 0.4) is 0 Å². The van der Waals surface area contributed by atoms with Crippen molar-refractivity contribution in [3.05, 3.63) is 53.1 Å². The maximum atomic E-state index is 12.5. The molecule has 23 heavy (non-hydrogen) atoms. The van der Waals surface area contributed by atoms with Crippen molar-refractivity contribution >= 4 is 33.2 Å². The summed E-state index contributed by atoms with van der Waals surface area (Å²) in [7, 11) is -3.90. The number of amides is 1. The third-order valence-corrected chi connectivity index (χ3v) is 4.76. The van der Waals surface area contributed by atoms with E-state index in [2.05, 4.69) is 4.72 Å². The van der Waals surface area contributed by atoms with Crippen LogP contribution in [0.15, 0.2) is 47.4 Å². The zero-order valence-electron chi connectivity index (χ0n) is 12.2. The summed E-state index contributed by atoms with van der Waals surface area (Å²) < 4.78 is 32.6. The van der Waals surface area contributed by atoms with Crippen LogP contribution in [0.25, 0.3) is 0 Å². The van der Waals surface area contributed by atoms with Crippen LogP contribution >= 0.6 is 11.6 Å². The molecule has 0 spiro atoms. The summed E-state index contributed by atoms with van der Waals surface area (Å²) in [5.41, 5.74) is 6.02. The van der Waals surface area contributed by atoms with E-state index in [-0.39, 0.29) is 22.3 Å². The fourth-order valence-corrected chi connectivity index (χ4v) is 3.52. The van der Waals surface area contributed by atoms with Crippen LogP contribution < -0.4 is 15.2 Å². The van der Waals surface area contributed by atoms with Crippen molar-refractivity contribution in [3.63, 3.8) is 0 Å². The normalized spacial score (nSPS) is 11.0. The van der Waals surface area contributed by atoms with Crippen LogP contribution in [0.4, 0.5) is 5.69 Å². The number of carbonyl (C=O) groups excluding carboxylic acids is 1. The fraction of sp³-hybridized carbons (Fsp3) is 0.133. The number of rotatable bonds is 6. The molecule has 0 aliphatic rings. The Labute approximate surface area is 139 Å². The molecule has 0 unspecified atom stereocenters. The lowest BCUT2D eigenvalue weighted by Crippen LogP contribution is -2.20. The van der Waals surface area contributed by atoms with Crippen LogP contribution in [0, 0.1) is 6.92 Å². The van der Waals surface area contributed by atoms with Crippen molar-refractivity contribution in [1.29, 1.82) is 0 Å². The molecule has 0 fully saturated rings. The summed E-state index contributed by atoms with van der Waals surface area (Å²) in [5, 5.41) is 0.0531. The number of sulfonamides is 1. The van der Waals surface area contributed by atoms with Crippen molar-refractivity contribution in [1.82, 2.24) is 0 Å². The number of halogens is 1. The third-order valence-electron chi connectivity index (χ3n) is 2.91. The second kappa shape index (κ2) is 6.89. The summed E-state index contributed by atoms with van der Waals surface area (Å²) in [6.07, 6.45) is 0. The van der Waals surface area contributed by atoms with Crippen LogP contribution in [-0.4, -0.2) is 20.9 Å². The highest BCUT2D eigenvalue weighted by Gasteiger charge is 2.20. The van der Waals surface area contributed by atoms with E-state index in [1.165, 1.54) is 12.1 Å². The molecule has 0 aromatic heterocycles. The highest BCUT2D eigenvalue weighted by Crippen LogP contribution is 2.31. The van der Waals surface area contributed by atoms with Gasteiger partial charge >= 0.3 is 0 Å². The number of nitrogens with two attached hydrogens (primary N) is 1. The van der Waals surface area contributed by atoms with Crippen molar-refractivity contribution in [3.8, 4) is 5.75 Å². The molecule has 6 nitrogen and oxygen atoms in total. The molecular weight excluding hydrogens is 340 g/mol. The fourth-order valence-electron chi connectivity index (χ4n) is 1.86. The molecule has 0 saturated heterocycles. The minimum Gasteiger partial charge on any atom is -0.483 e. The molecule has 0 radical (unpaired) electrons. The van der Waals surface area contributed by atoms with Gasteiger partial charge < -0.3 is 10.5 Å². The van der Waals surface area contributed by atoms with Gasteiger partial charge in [0.05, 0.1) is 5.02 Å². The zero-order chi connectivity index (χ0) is 17.0. The van der Waals surface area contributed by atoms with Gasteiger partial charge in [-0.25, -0.2) is 8.42 Å². The molecular formula is C15H15ClN2O4S. The molecule has 8 heteroatoms. The van der Waals surface area contributed by atoms with Gasteiger partial charge in [-0.3, -0.25) is 9.52 Å². The Kier molecular flexibility index (Phi) is 5.12. The van der Waals surface area contributed by atoms with E-state index in [1.54, 1.807) is 37.3 Å².